The van der Waals surface area contributed by atoms with Crippen molar-refractivity contribution in [2.45, 2.75) is 51.5 Å². The molecule has 1 fully saturated rings. The van der Waals surface area contributed by atoms with Gasteiger partial charge in [-0.15, -0.1) is 0 Å². The molecular formula is C24H26N4O3. The summed E-state index contributed by atoms with van der Waals surface area (Å²) < 4.78 is 7.78. The summed E-state index contributed by atoms with van der Waals surface area (Å²) in [6.07, 6.45) is 5.35. The number of carbonyl (C=O) groups is 1. The average Bonchev–Trinajstić information content (AvgIpc) is 3.41. The first-order valence-corrected chi connectivity index (χ1v) is 10.7. The average molecular weight is 418 g/mol. The van der Waals surface area contributed by atoms with E-state index in [9.17, 15) is 9.90 Å². The maximum atomic E-state index is 13.1. The summed E-state index contributed by atoms with van der Waals surface area (Å²) in [6, 6.07) is 10.1. The van der Waals surface area contributed by atoms with E-state index in [1.165, 1.54) is 0 Å². The van der Waals surface area contributed by atoms with Crippen LogP contribution in [0.15, 0.2) is 42.7 Å². The molecule has 160 valence electrons. The van der Waals surface area contributed by atoms with E-state index in [1.807, 2.05) is 35.8 Å². The smallest absolute Gasteiger partial charge is 0.260 e. The molecule has 1 saturated carbocycles. The normalized spacial score (nSPS) is 20.4. The summed E-state index contributed by atoms with van der Waals surface area (Å²) in [7, 11) is 1.92. The molecule has 1 N–H and O–H groups in total. The number of pyridine rings is 1. The third-order valence-electron chi connectivity index (χ3n) is 6.20. The van der Waals surface area contributed by atoms with E-state index < -0.39 is 6.10 Å². The van der Waals surface area contributed by atoms with Crippen molar-refractivity contribution < 1.29 is 14.6 Å². The predicted octanol–water partition coefficient (Wildman–Crippen LogP) is 3.24. The molecule has 5 rings (SSSR count). The Hall–Kier alpha value is -3.19. The van der Waals surface area contributed by atoms with Crippen LogP contribution < -0.4 is 4.74 Å². The number of aromatic nitrogens is 3. The Morgan fingerprint density at radius 3 is 2.68 bits per heavy atom. The standard InChI is InChI=1S/C24H26N4O3/c1-15-19(14-27(2)26-15)17-8-6-16(7-9-17)12-28-13-18-10-11-25-23(22(18)24(28)30)31-21-5-3-4-20(21)29/h6-11,14,20-21,29H,3-5,12-13H2,1-2H3. The number of aliphatic hydroxyl groups excluding tert-OH is 1. The number of nitrogens with zero attached hydrogens (tertiary/aromatic N) is 4. The van der Waals surface area contributed by atoms with Gasteiger partial charge in [0.25, 0.3) is 5.91 Å². The van der Waals surface area contributed by atoms with Gasteiger partial charge in [-0.3, -0.25) is 9.48 Å². The molecule has 31 heavy (non-hydrogen) atoms. The highest BCUT2D eigenvalue weighted by atomic mass is 16.5. The Bertz CT molecular complexity index is 1120. The monoisotopic (exact) mass is 418 g/mol. The van der Waals surface area contributed by atoms with Crippen LogP contribution in [0.1, 0.15) is 46.4 Å². The fraction of sp³-hybridized carbons (Fsp3) is 0.375. The Morgan fingerprint density at radius 1 is 1.19 bits per heavy atom. The van der Waals surface area contributed by atoms with E-state index in [0.717, 1.165) is 47.2 Å². The third-order valence-corrected chi connectivity index (χ3v) is 6.20. The van der Waals surface area contributed by atoms with Crippen LogP contribution in [-0.2, 0) is 20.1 Å². The molecule has 0 radical (unpaired) electrons. The molecule has 0 bridgehead atoms. The largest absolute Gasteiger partial charge is 0.471 e. The van der Waals surface area contributed by atoms with Crippen LogP contribution >= 0.6 is 0 Å². The van der Waals surface area contributed by atoms with Gasteiger partial charge in [-0.1, -0.05) is 24.3 Å². The molecule has 2 unspecified atom stereocenters. The van der Waals surface area contributed by atoms with Gasteiger partial charge in [-0.25, -0.2) is 4.98 Å². The van der Waals surface area contributed by atoms with Gasteiger partial charge in [0, 0.05) is 38.1 Å². The lowest BCUT2D eigenvalue weighted by Gasteiger charge is -2.18. The Kier molecular flexibility index (Phi) is 4.98. The first-order chi connectivity index (χ1) is 15.0. The highest BCUT2D eigenvalue weighted by Crippen LogP contribution is 2.33. The van der Waals surface area contributed by atoms with Crippen molar-refractivity contribution in [3.05, 3.63) is 65.1 Å². The van der Waals surface area contributed by atoms with Gasteiger partial charge < -0.3 is 14.7 Å². The van der Waals surface area contributed by atoms with Gasteiger partial charge in [0.2, 0.25) is 5.88 Å². The lowest BCUT2D eigenvalue weighted by atomic mass is 10.0. The number of aryl methyl sites for hydroxylation is 2. The van der Waals surface area contributed by atoms with Crippen LogP contribution in [0.25, 0.3) is 11.1 Å². The maximum Gasteiger partial charge on any atom is 0.260 e. The van der Waals surface area contributed by atoms with Crippen LogP contribution in [0.4, 0.5) is 0 Å². The fourth-order valence-corrected chi connectivity index (χ4v) is 4.57. The molecule has 2 aromatic heterocycles. The number of aliphatic hydroxyl groups is 1. The zero-order valence-electron chi connectivity index (χ0n) is 17.8. The number of rotatable bonds is 5. The molecule has 7 heteroatoms. The highest BCUT2D eigenvalue weighted by Gasteiger charge is 2.34. The van der Waals surface area contributed by atoms with E-state index in [0.29, 0.717) is 24.5 Å². The molecule has 1 aromatic carbocycles. The van der Waals surface area contributed by atoms with Gasteiger partial charge in [-0.2, -0.15) is 5.10 Å². The van der Waals surface area contributed by atoms with Crippen molar-refractivity contribution in [1.29, 1.82) is 0 Å². The molecule has 1 aliphatic carbocycles. The van der Waals surface area contributed by atoms with Crippen LogP contribution in [-0.4, -0.2) is 42.9 Å². The minimum atomic E-state index is -0.493. The minimum Gasteiger partial charge on any atom is -0.471 e. The summed E-state index contributed by atoms with van der Waals surface area (Å²) in [6.45, 7) is 3.05. The Morgan fingerprint density at radius 2 is 2.00 bits per heavy atom. The summed E-state index contributed by atoms with van der Waals surface area (Å²) in [5, 5.41) is 14.5. The molecule has 2 atom stereocenters. The van der Waals surface area contributed by atoms with Crippen molar-refractivity contribution in [2.75, 3.05) is 0 Å². The Balaban J connectivity index is 1.32. The lowest BCUT2D eigenvalue weighted by molar-refractivity contribution is 0.0553. The number of fused-ring (bicyclic) bond motifs is 1. The molecule has 1 amide bonds. The van der Waals surface area contributed by atoms with E-state index in [4.69, 9.17) is 4.74 Å². The fourth-order valence-electron chi connectivity index (χ4n) is 4.57. The number of hydrogen-bond donors (Lipinski definition) is 1. The third kappa shape index (κ3) is 3.70. The van der Waals surface area contributed by atoms with Crippen molar-refractivity contribution in [2.24, 2.45) is 7.05 Å². The van der Waals surface area contributed by atoms with Crippen LogP contribution in [0, 0.1) is 6.92 Å². The van der Waals surface area contributed by atoms with E-state index in [-0.39, 0.29) is 12.0 Å². The van der Waals surface area contributed by atoms with Crippen molar-refractivity contribution in [3.63, 3.8) is 0 Å². The first kappa shape index (κ1) is 19.8. The second-order valence-electron chi connectivity index (χ2n) is 8.46. The minimum absolute atomic E-state index is 0.0715. The van der Waals surface area contributed by atoms with Crippen molar-refractivity contribution >= 4 is 5.91 Å². The molecule has 0 spiro atoms. The van der Waals surface area contributed by atoms with E-state index >= 15 is 0 Å². The molecule has 3 heterocycles. The number of amides is 1. The summed E-state index contributed by atoms with van der Waals surface area (Å²) in [4.78, 5) is 19.3. The van der Waals surface area contributed by atoms with E-state index in [1.54, 1.807) is 6.20 Å². The van der Waals surface area contributed by atoms with E-state index in [2.05, 4.69) is 34.3 Å². The molecule has 2 aliphatic rings. The molecule has 7 nitrogen and oxygen atoms in total. The summed E-state index contributed by atoms with van der Waals surface area (Å²) in [5.74, 6) is 0.274. The lowest BCUT2D eigenvalue weighted by Crippen LogP contribution is -2.27. The Labute approximate surface area is 181 Å². The zero-order chi connectivity index (χ0) is 21.5. The summed E-state index contributed by atoms with van der Waals surface area (Å²) in [5.41, 5.74) is 5.73. The van der Waals surface area contributed by atoms with Gasteiger partial charge in [-0.05, 0) is 48.9 Å². The molecule has 0 saturated heterocycles. The summed E-state index contributed by atoms with van der Waals surface area (Å²) >= 11 is 0. The van der Waals surface area contributed by atoms with Crippen LogP contribution in [0.2, 0.25) is 0 Å². The van der Waals surface area contributed by atoms with Gasteiger partial charge in [0.1, 0.15) is 11.7 Å². The number of benzene rings is 1. The highest BCUT2D eigenvalue weighted by molar-refractivity contribution is 6.00. The molecular weight excluding hydrogens is 392 g/mol. The van der Waals surface area contributed by atoms with Crippen LogP contribution in [0.3, 0.4) is 0 Å². The van der Waals surface area contributed by atoms with Crippen molar-refractivity contribution in [3.8, 4) is 17.0 Å². The SMILES string of the molecule is Cc1nn(C)cc1-c1ccc(CN2Cc3ccnc(OC4CCCC4O)c3C2=O)cc1. The maximum absolute atomic E-state index is 13.1. The van der Waals surface area contributed by atoms with Gasteiger partial charge in [0.05, 0.1) is 11.8 Å². The van der Waals surface area contributed by atoms with Crippen LogP contribution in [0.5, 0.6) is 5.88 Å². The first-order valence-electron chi connectivity index (χ1n) is 10.7. The zero-order valence-corrected chi connectivity index (χ0v) is 17.8. The number of carbonyl (C=O) groups excluding carboxylic acids is 1. The predicted molar refractivity (Wildman–Crippen MR) is 115 cm³/mol. The van der Waals surface area contributed by atoms with Gasteiger partial charge >= 0.3 is 0 Å². The molecule has 3 aromatic rings. The molecule has 1 aliphatic heterocycles. The second kappa shape index (κ2) is 7.81. The second-order valence-corrected chi connectivity index (χ2v) is 8.46. The van der Waals surface area contributed by atoms with Gasteiger partial charge in [0.15, 0.2) is 0 Å². The van der Waals surface area contributed by atoms with Crippen molar-refractivity contribution in [1.82, 2.24) is 19.7 Å². The number of ether oxygens (including phenoxy) is 1. The quantitative estimate of drug-likeness (QED) is 0.688. The topological polar surface area (TPSA) is 80.5 Å². The number of hydrogen-bond acceptors (Lipinski definition) is 5.